The molecule has 9 heteroatoms. The average molecular weight is 499 g/mol. The number of ether oxygens (including phenoxy) is 1. The number of nitrogens with one attached hydrogen (secondary N) is 1. The standard InChI is InChI=1S/C22H19BrN4O3S/c1-3-27-12-14(11-25-27)9-16(10-24)20(28)26-21-19(22(29)30-4-2)18(13-31-21)15-5-7-17(23)8-6-15/h5-9,11-13H,3-4H2,1-2H3,(H,26,28)/b16-9+. The predicted octanol–water partition coefficient (Wildman–Crippen LogP) is 5.12. The van der Waals surface area contributed by atoms with Crippen molar-refractivity contribution < 1.29 is 14.3 Å². The highest BCUT2D eigenvalue weighted by atomic mass is 79.9. The van der Waals surface area contributed by atoms with Gasteiger partial charge in [-0.1, -0.05) is 28.1 Å². The maximum atomic E-state index is 12.8. The van der Waals surface area contributed by atoms with Crippen LogP contribution in [0.25, 0.3) is 17.2 Å². The number of carbonyl (C=O) groups excluding carboxylic acids is 2. The summed E-state index contributed by atoms with van der Waals surface area (Å²) in [5.41, 5.74) is 2.27. The second-order valence-corrected chi connectivity index (χ2v) is 8.13. The number of benzene rings is 1. The van der Waals surface area contributed by atoms with Crippen molar-refractivity contribution in [3.05, 3.63) is 63.2 Å². The van der Waals surface area contributed by atoms with E-state index in [1.54, 1.807) is 29.4 Å². The van der Waals surface area contributed by atoms with Crippen LogP contribution in [0.15, 0.2) is 52.1 Å². The van der Waals surface area contributed by atoms with Crippen LogP contribution in [0.1, 0.15) is 29.8 Å². The molecule has 0 bridgehead atoms. The molecule has 2 heterocycles. The van der Waals surface area contributed by atoms with Crippen molar-refractivity contribution in [2.75, 3.05) is 11.9 Å². The number of anilines is 1. The number of amides is 1. The highest BCUT2D eigenvalue weighted by molar-refractivity contribution is 9.10. The van der Waals surface area contributed by atoms with Gasteiger partial charge in [-0.15, -0.1) is 11.3 Å². The van der Waals surface area contributed by atoms with Gasteiger partial charge in [0.2, 0.25) is 0 Å². The monoisotopic (exact) mass is 498 g/mol. The summed E-state index contributed by atoms with van der Waals surface area (Å²) >= 11 is 4.60. The van der Waals surface area contributed by atoms with Gasteiger partial charge in [-0.25, -0.2) is 4.79 Å². The molecule has 0 unspecified atom stereocenters. The summed E-state index contributed by atoms with van der Waals surface area (Å²) in [6.45, 7) is 4.54. The number of aromatic nitrogens is 2. The van der Waals surface area contributed by atoms with E-state index in [1.165, 1.54) is 17.4 Å². The zero-order valence-corrected chi connectivity index (χ0v) is 19.3. The van der Waals surface area contributed by atoms with Gasteiger partial charge < -0.3 is 10.1 Å². The molecule has 3 aromatic rings. The maximum Gasteiger partial charge on any atom is 0.341 e. The van der Waals surface area contributed by atoms with Gasteiger partial charge in [-0.3, -0.25) is 9.48 Å². The van der Waals surface area contributed by atoms with Crippen molar-refractivity contribution in [1.29, 1.82) is 5.26 Å². The Morgan fingerprint density at radius 2 is 2.06 bits per heavy atom. The molecule has 1 amide bonds. The van der Waals surface area contributed by atoms with Crippen molar-refractivity contribution in [2.24, 2.45) is 0 Å². The van der Waals surface area contributed by atoms with Crippen LogP contribution in [0.3, 0.4) is 0 Å². The Hall–Kier alpha value is -3.22. The van der Waals surface area contributed by atoms with Crippen LogP contribution in [0.4, 0.5) is 5.00 Å². The molecule has 31 heavy (non-hydrogen) atoms. The number of carbonyl (C=O) groups is 2. The number of thiophene rings is 1. The number of hydrogen-bond donors (Lipinski definition) is 1. The molecule has 0 radical (unpaired) electrons. The highest BCUT2D eigenvalue weighted by Gasteiger charge is 2.23. The summed E-state index contributed by atoms with van der Waals surface area (Å²) in [5.74, 6) is -1.15. The van der Waals surface area contributed by atoms with Crippen LogP contribution >= 0.6 is 27.3 Å². The third-order valence-corrected chi connectivity index (χ3v) is 5.73. The quantitative estimate of drug-likeness (QED) is 0.277. The summed E-state index contributed by atoms with van der Waals surface area (Å²) in [7, 11) is 0. The first-order valence-electron chi connectivity index (χ1n) is 9.47. The second-order valence-electron chi connectivity index (χ2n) is 6.33. The smallest absolute Gasteiger partial charge is 0.341 e. The first kappa shape index (κ1) is 22.5. The number of esters is 1. The fourth-order valence-corrected chi connectivity index (χ4v) is 4.03. The molecule has 158 valence electrons. The topological polar surface area (TPSA) is 97.0 Å². The molecule has 3 rings (SSSR count). The molecule has 0 atom stereocenters. The molecular formula is C22H19BrN4O3S. The van der Waals surface area contributed by atoms with Gasteiger partial charge in [0.15, 0.2) is 0 Å². The van der Waals surface area contributed by atoms with E-state index in [4.69, 9.17) is 4.74 Å². The minimum Gasteiger partial charge on any atom is -0.462 e. The fourth-order valence-electron chi connectivity index (χ4n) is 2.81. The van der Waals surface area contributed by atoms with Crippen LogP contribution < -0.4 is 5.32 Å². The van der Waals surface area contributed by atoms with Crippen molar-refractivity contribution in [2.45, 2.75) is 20.4 Å². The lowest BCUT2D eigenvalue weighted by atomic mass is 10.0. The van der Waals surface area contributed by atoms with E-state index in [9.17, 15) is 14.9 Å². The number of rotatable bonds is 7. The van der Waals surface area contributed by atoms with Gasteiger partial charge in [0.1, 0.15) is 22.2 Å². The Morgan fingerprint density at radius 3 is 2.68 bits per heavy atom. The van der Waals surface area contributed by atoms with E-state index in [2.05, 4.69) is 26.3 Å². The van der Waals surface area contributed by atoms with Crippen molar-refractivity contribution in [3.8, 4) is 17.2 Å². The van der Waals surface area contributed by atoms with Crippen LogP contribution in [0.5, 0.6) is 0 Å². The molecule has 0 saturated heterocycles. The number of hydrogen-bond acceptors (Lipinski definition) is 6. The molecule has 7 nitrogen and oxygen atoms in total. The third kappa shape index (κ3) is 5.29. The third-order valence-electron chi connectivity index (χ3n) is 4.31. The Balaban J connectivity index is 1.94. The van der Waals surface area contributed by atoms with E-state index in [1.807, 2.05) is 37.3 Å². The zero-order chi connectivity index (χ0) is 22.4. The van der Waals surface area contributed by atoms with Crippen molar-refractivity contribution in [1.82, 2.24) is 9.78 Å². The molecular weight excluding hydrogens is 480 g/mol. The molecule has 0 saturated carbocycles. The van der Waals surface area contributed by atoms with Gasteiger partial charge in [-0.05, 0) is 37.6 Å². The van der Waals surface area contributed by atoms with E-state index in [0.29, 0.717) is 22.7 Å². The van der Waals surface area contributed by atoms with Crippen molar-refractivity contribution in [3.63, 3.8) is 0 Å². The number of aryl methyl sites for hydroxylation is 1. The second kappa shape index (κ2) is 10.2. The van der Waals surface area contributed by atoms with Gasteiger partial charge in [0.05, 0.1) is 12.8 Å². The molecule has 1 N–H and O–H groups in total. The summed E-state index contributed by atoms with van der Waals surface area (Å²) < 4.78 is 7.81. The zero-order valence-electron chi connectivity index (χ0n) is 16.9. The molecule has 0 aliphatic rings. The SMILES string of the molecule is CCOC(=O)c1c(-c2ccc(Br)cc2)csc1NC(=O)/C(C#N)=C/c1cnn(CC)c1. The lowest BCUT2D eigenvalue weighted by Crippen LogP contribution is -2.16. The van der Waals surface area contributed by atoms with E-state index < -0.39 is 11.9 Å². The lowest BCUT2D eigenvalue weighted by molar-refractivity contribution is -0.112. The summed E-state index contributed by atoms with van der Waals surface area (Å²) in [4.78, 5) is 25.4. The van der Waals surface area contributed by atoms with Gasteiger partial charge >= 0.3 is 5.97 Å². The Kier molecular flexibility index (Phi) is 7.39. The minimum atomic E-state index is -0.610. The van der Waals surface area contributed by atoms with Gasteiger partial charge in [0.25, 0.3) is 5.91 Å². The number of nitriles is 1. The largest absolute Gasteiger partial charge is 0.462 e. The molecule has 2 aromatic heterocycles. The average Bonchev–Trinajstić information content (AvgIpc) is 3.39. The molecule has 0 spiro atoms. The fraction of sp³-hybridized carbons (Fsp3) is 0.182. The minimum absolute atomic E-state index is 0.0935. The number of halogens is 1. The molecule has 1 aromatic carbocycles. The van der Waals surface area contributed by atoms with E-state index >= 15 is 0 Å². The normalized spacial score (nSPS) is 11.1. The first-order chi connectivity index (χ1) is 15.0. The molecule has 0 aliphatic carbocycles. The lowest BCUT2D eigenvalue weighted by Gasteiger charge is -2.08. The van der Waals surface area contributed by atoms with Crippen LogP contribution in [0.2, 0.25) is 0 Å². The summed E-state index contributed by atoms with van der Waals surface area (Å²) in [6, 6.07) is 9.38. The first-order valence-corrected chi connectivity index (χ1v) is 11.1. The van der Waals surface area contributed by atoms with Gasteiger partial charge in [0, 0.05) is 33.7 Å². The van der Waals surface area contributed by atoms with Crippen LogP contribution in [-0.4, -0.2) is 28.3 Å². The van der Waals surface area contributed by atoms with Crippen LogP contribution in [0, 0.1) is 11.3 Å². The van der Waals surface area contributed by atoms with Crippen LogP contribution in [-0.2, 0) is 16.1 Å². The Bertz CT molecular complexity index is 1170. The Morgan fingerprint density at radius 1 is 1.32 bits per heavy atom. The highest BCUT2D eigenvalue weighted by Crippen LogP contribution is 2.37. The Labute approximate surface area is 192 Å². The summed E-state index contributed by atoms with van der Waals surface area (Å²) in [6.07, 6.45) is 4.78. The molecule has 0 aliphatic heterocycles. The number of nitrogens with zero attached hydrogens (tertiary/aromatic N) is 3. The van der Waals surface area contributed by atoms with E-state index in [0.717, 1.165) is 10.0 Å². The molecule has 0 fully saturated rings. The summed E-state index contributed by atoms with van der Waals surface area (Å²) in [5, 5.41) is 18.4. The predicted molar refractivity (Wildman–Crippen MR) is 124 cm³/mol. The maximum absolute atomic E-state index is 12.8. The van der Waals surface area contributed by atoms with E-state index in [-0.39, 0.29) is 17.7 Å². The van der Waals surface area contributed by atoms with Crippen molar-refractivity contribution >= 4 is 50.2 Å². The van der Waals surface area contributed by atoms with Gasteiger partial charge in [-0.2, -0.15) is 10.4 Å².